The third-order valence-electron chi connectivity index (χ3n) is 4.45. The molecule has 0 saturated carbocycles. The zero-order chi connectivity index (χ0) is 17.1. The van der Waals surface area contributed by atoms with Crippen LogP contribution in [-0.2, 0) is 11.3 Å². The van der Waals surface area contributed by atoms with Gasteiger partial charge in [0.1, 0.15) is 6.54 Å². The van der Waals surface area contributed by atoms with Crippen LogP contribution >= 0.6 is 11.6 Å². The number of nitrogens with one attached hydrogen (secondary N) is 1. The highest BCUT2D eigenvalue weighted by Crippen LogP contribution is 2.29. The largest absolute Gasteiger partial charge is 0.371 e. The number of benzene rings is 1. The van der Waals surface area contributed by atoms with Crippen molar-refractivity contribution in [1.29, 1.82) is 0 Å². The first-order valence-corrected chi connectivity index (χ1v) is 8.66. The van der Waals surface area contributed by atoms with Gasteiger partial charge in [-0.25, -0.2) is 0 Å². The molecule has 1 aliphatic heterocycles. The Morgan fingerprint density at radius 1 is 1.42 bits per heavy atom. The second kappa shape index (κ2) is 7.26. The quantitative estimate of drug-likeness (QED) is 0.905. The van der Waals surface area contributed by atoms with E-state index in [0.29, 0.717) is 12.5 Å². The number of hydrogen-bond acceptors (Lipinski definition) is 3. The minimum absolute atomic E-state index is 0.00971. The highest BCUT2D eigenvalue weighted by molar-refractivity contribution is 6.30. The lowest BCUT2D eigenvalue weighted by Gasteiger charge is -2.21. The molecule has 1 unspecified atom stereocenters. The number of aromatic nitrogens is 2. The van der Waals surface area contributed by atoms with Crippen LogP contribution in [0, 0.1) is 19.8 Å². The third-order valence-corrected chi connectivity index (χ3v) is 4.69. The molecule has 5 nitrogen and oxygen atoms in total. The van der Waals surface area contributed by atoms with E-state index in [1.807, 2.05) is 25.3 Å². The van der Waals surface area contributed by atoms with Crippen LogP contribution in [0.25, 0.3) is 0 Å². The van der Waals surface area contributed by atoms with Crippen molar-refractivity contribution in [1.82, 2.24) is 15.1 Å². The summed E-state index contributed by atoms with van der Waals surface area (Å²) in [4.78, 5) is 14.4. The van der Waals surface area contributed by atoms with Crippen LogP contribution < -0.4 is 10.2 Å². The Hall–Kier alpha value is -2.01. The molecule has 0 radical (unpaired) electrons. The summed E-state index contributed by atoms with van der Waals surface area (Å²) in [6, 6.07) is 6.00. The van der Waals surface area contributed by atoms with Crippen molar-refractivity contribution in [2.24, 2.45) is 5.92 Å². The lowest BCUT2D eigenvalue weighted by atomic mass is 10.1. The highest BCUT2D eigenvalue weighted by atomic mass is 35.5. The summed E-state index contributed by atoms with van der Waals surface area (Å²) in [6.45, 7) is 6.99. The van der Waals surface area contributed by atoms with Crippen molar-refractivity contribution in [2.45, 2.75) is 26.8 Å². The molecule has 1 aliphatic rings. The van der Waals surface area contributed by atoms with E-state index in [1.165, 1.54) is 11.3 Å². The minimum atomic E-state index is 0.00971. The number of anilines is 1. The van der Waals surface area contributed by atoms with E-state index in [9.17, 15) is 4.79 Å². The van der Waals surface area contributed by atoms with Gasteiger partial charge in [0.15, 0.2) is 0 Å². The maximum atomic E-state index is 12.0. The summed E-state index contributed by atoms with van der Waals surface area (Å²) in [6.07, 6.45) is 4.71. The van der Waals surface area contributed by atoms with Gasteiger partial charge in [-0.15, -0.1) is 0 Å². The molecule has 1 aromatic heterocycles. The summed E-state index contributed by atoms with van der Waals surface area (Å²) < 4.78 is 1.67. The smallest absolute Gasteiger partial charge is 0.241 e. The first-order chi connectivity index (χ1) is 11.5. The van der Waals surface area contributed by atoms with Crippen molar-refractivity contribution in [2.75, 3.05) is 24.5 Å². The number of nitrogens with zero attached hydrogens (tertiary/aromatic N) is 3. The SMILES string of the molecule is Cc1cnn(CC(=O)NCC2CCN(c3cc(Cl)ccc3C)C2)c1. The van der Waals surface area contributed by atoms with Crippen molar-refractivity contribution in [3.8, 4) is 0 Å². The number of aryl methyl sites for hydroxylation is 2. The average molecular weight is 347 g/mol. The molecule has 0 spiro atoms. The predicted octanol–water partition coefficient (Wildman–Crippen LogP) is 2.80. The standard InChI is InChI=1S/C18H23ClN4O/c1-13-8-21-23(10-13)12-18(24)20-9-15-5-6-22(11-15)17-7-16(19)4-3-14(17)2/h3-4,7-8,10,15H,5-6,9,11-12H2,1-2H3,(H,20,24). The van der Waals surface area contributed by atoms with Crippen molar-refractivity contribution < 1.29 is 4.79 Å². The van der Waals surface area contributed by atoms with Crippen LogP contribution in [0.4, 0.5) is 5.69 Å². The van der Waals surface area contributed by atoms with E-state index >= 15 is 0 Å². The normalized spacial score (nSPS) is 17.3. The summed E-state index contributed by atoms with van der Waals surface area (Å²) >= 11 is 6.12. The third kappa shape index (κ3) is 4.09. The van der Waals surface area contributed by atoms with Gasteiger partial charge in [-0.05, 0) is 49.4 Å². The van der Waals surface area contributed by atoms with Crippen LogP contribution in [0.1, 0.15) is 17.5 Å². The lowest BCUT2D eigenvalue weighted by molar-refractivity contribution is -0.122. The molecule has 0 bridgehead atoms. The molecule has 1 N–H and O–H groups in total. The molecule has 1 aromatic carbocycles. The van der Waals surface area contributed by atoms with E-state index in [2.05, 4.69) is 28.3 Å². The summed E-state index contributed by atoms with van der Waals surface area (Å²) in [5.41, 5.74) is 3.49. The number of amides is 1. The van der Waals surface area contributed by atoms with Gasteiger partial charge < -0.3 is 10.2 Å². The topological polar surface area (TPSA) is 50.2 Å². The maximum Gasteiger partial charge on any atom is 0.241 e. The Balaban J connectivity index is 1.49. The number of rotatable bonds is 5. The average Bonchev–Trinajstić information content (AvgIpc) is 3.17. The molecule has 0 aliphatic carbocycles. The lowest BCUT2D eigenvalue weighted by Crippen LogP contribution is -2.33. The van der Waals surface area contributed by atoms with Gasteiger partial charge in [-0.2, -0.15) is 5.10 Å². The second-order valence-corrected chi connectivity index (χ2v) is 6.99. The minimum Gasteiger partial charge on any atom is -0.371 e. The predicted molar refractivity (Wildman–Crippen MR) is 96.5 cm³/mol. The number of carbonyl (C=O) groups excluding carboxylic acids is 1. The van der Waals surface area contributed by atoms with Crippen LogP contribution in [0.5, 0.6) is 0 Å². The molecular formula is C18H23ClN4O. The molecule has 2 heterocycles. The molecule has 1 atom stereocenters. The van der Waals surface area contributed by atoms with Crippen molar-refractivity contribution >= 4 is 23.2 Å². The molecule has 1 fully saturated rings. The van der Waals surface area contributed by atoms with Gasteiger partial charge in [0.25, 0.3) is 0 Å². The maximum absolute atomic E-state index is 12.0. The monoisotopic (exact) mass is 346 g/mol. The van der Waals surface area contributed by atoms with Crippen molar-refractivity contribution in [3.05, 3.63) is 46.7 Å². The Bertz CT molecular complexity index is 728. The fourth-order valence-corrected chi connectivity index (χ4v) is 3.32. The Morgan fingerprint density at radius 2 is 2.25 bits per heavy atom. The zero-order valence-electron chi connectivity index (χ0n) is 14.1. The molecule has 3 rings (SSSR count). The number of hydrogen-bond donors (Lipinski definition) is 1. The molecular weight excluding hydrogens is 324 g/mol. The van der Waals surface area contributed by atoms with Gasteiger partial charge >= 0.3 is 0 Å². The van der Waals surface area contributed by atoms with Crippen molar-refractivity contribution in [3.63, 3.8) is 0 Å². The highest BCUT2D eigenvalue weighted by Gasteiger charge is 2.24. The van der Waals surface area contributed by atoms with Gasteiger partial charge in [0.2, 0.25) is 5.91 Å². The fourth-order valence-electron chi connectivity index (χ4n) is 3.16. The summed E-state index contributed by atoms with van der Waals surface area (Å²) in [7, 11) is 0. The molecule has 1 saturated heterocycles. The van der Waals surface area contributed by atoms with Gasteiger partial charge in [-0.1, -0.05) is 17.7 Å². The Morgan fingerprint density at radius 3 is 3.00 bits per heavy atom. The van der Waals surface area contributed by atoms with Crippen LogP contribution in [0.2, 0.25) is 5.02 Å². The van der Waals surface area contributed by atoms with E-state index in [-0.39, 0.29) is 12.5 Å². The van der Waals surface area contributed by atoms with E-state index in [4.69, 9.17) is 11.6 Å². The second-order valence-electron chi connectivity index (χ2n) is 6.55. The van der Waals surface area contributed by atoms with Crippen LogP contribution in [0.15, 0.2) is 30.6 Å². The molecule has 2 aromatic rings. The Labute approximate surface area is 147 Å². The molecule has 24 heavy (non-hydrogen) atoms. The molecule has 1 amide bonds. The van der Waals surface area contributed by atoms with Gasteiger partial charge in [-0.3, -0.25) is 9.48 Å². The van der Waals surface area contributed by atoms with Crippen LogP contribution in [0.3, 0.4) is 0 Å². The van der Waals surface area contributed by atoms with E-state index < -0.39 is 0 Å². The number of carbonyl (C=O) groups is 1. The van der Waals surface area contributed by atoms with E-state index in [0.717, 1.165) is 30.1 Å². The Kier molecular flexibility index (Phi) is 5.09. The fraction of sp³-hybridized carbons (Fsp3) is 0.444. The van der Waals surface area contributed by atoms with Crippen LogP contribution in [-0.4, -0.2) is 35.3 Å². The summed E-state index contributed by atoms with van der Waals surface area (Å²) in [5, 5.41) is 7.93. The van der Waals surface area contributed by atoms with Gasteiger partial charge in [0.05, 0.1) is 6.20 Å². The number of halogens is 1. The van der Waals surface area contributed by atoms with Gasteiger partial charge in [0, 0.05) is 36.5 Å². The molecule has 128 valence electrons. The zero-order valence-corrected chi connectivity index (χ0v) is 14.9. The first-order valence-electron chi connectivity index (χ1n) is 8.28. The van der Waals surface area contributed by atoms with E-state index in [1.54, 1.807) is 10.9 Å². The first kappa shape index (κ1) is 16.8. The summed E-state index contributed by atoms with van der Waals surface area (Å²) in [5.74, 6) is 0.474. The molecule has 6 heteroatoms.